The van der Waals surface area contributed by atoms with Crippen molar-refractivity contribution in [2.45, 2.75) is 31.2 Å². The molecule has 0 aliphatic carbocycles. The summed E-state index contributed by atoms with van der Waals surface area (Å²) in [6.45, 7) is 2.11. The highest BCUT2D eigenvalue weighted by Gasteiger charge is 2.39. The lowest BCUT2D eigenvalue weighted by Crippen LogP contribution is -2.41. The third kappa shape index (κ3) is 8.08. The number of hydrogen-bond acceptors (Lipinski definition) is 7. The molecule has 4 aromatic rings. The second-order valence-corrected chi connectivity index (χ2v) is 11.8. The molecule has 2 atom stereocenters. The minimum atomic E-state index is -0.839. The molecule has 0 spiro atoms. The van der Waals surface area contributed by atoms with Crippen molar-refractivity contribution in [1.29, 1.82) is 0 Å². The standard InChI is InChI=1S/C32H29FN4O4S2/c1-21(34-32(40)41-20-22-7-3-2-4-8-22)29(38)35-25-14-12-23(13-15-25)28-30(39)37(17-16-27-11-6-18-42-27)31(43-28)36-26-10-5-9-24(33)19-26/h2-15,18-19,21,28H,16-17,20H2,1H3,(H,34,40)(H,35,38)/t21-,28?/m0/s1. The number of thioether (sulfide) groups is 1. The van der Waals surface area contributed by atoms with Crippen molar-refractivity contribution >= 4 is 57.5 Å². The zero-order valence-electron chi connectivity index (χ0n) is 23.2. The van der Waals surface area contributed by atoms with Crippen LogP contribution < -0.4 is 10.6 Å². The molecule has 5 rings (SSSR count). The Morgan fingerprint density at radius 1 is 1.02 bits per heavy atom. The highest BCUT2D eigenvalue weighted by molar-refractivity contribution is 8.15. The van der Waals surface area contributed by atoms with Crippen molar-refractivity contribution in [2.24, 2.45) is 4.99 Å². The van der Waals surface area contributed by atoms with E-state index in [1.165, 1.54) is 23.9 Å². The van der Waals surface area contributed by atoms with Crippen molar-refractivity contribution in [3.05, 3.63) is 118 Å². The summed E-state index contributed by atoms with van der Waals surface area (Å²) in [7, 11) is 0. The molecule has 1 aliphatic rings. The number of nitrogens with one attached hydrogen (secondary N) is 2. The quantitative estimate of drug-likeness (QED) is 0.207. The van der Waals surface area contributed by atoms with Gasteiger partial charge in [-0.2, -0.15) is 0 Å². The van der Waals surface area contributed by atoms with Gasteiger partial charge in [0.2, 0.25) is 11.8 Å². The summed E-state index contributed by atoms with van der Waals surface area (Å²) in [4.78, 5) is 45.8. The molecule has 1 saturated heterocycles. The number of rotatable bonds is 10. The van der Waals surface area contributed by atoms with Gasteiger partial charge in [0.15, 0.2) is 5.17 Å². The highest BCUT2D eigenvalue weighted by atomic mass is 32.2. The van der Waals surface area contributed by atoms with Gasteiger partial charge in [-0.3, -0.25) is 14.5 Å². The Bertz CT molecular complexity index is 1600. The van der Waals surface area contributed by atoms with Gasteiger partial charge in [-0.05, 0) is 66.2 Å². The molecule has 3 amide bonds. The molecular weight excluding hydrogens is 588 g/mol. The smallest absolute Gasteiger partial charge is 0.408 e. The lowest BCUT2D eigenvalue weighted by molar-refractivity contribution is -0.126. The third-order valence-corrected chi connectivity index (χ3v) is 8.73. The fraction of sp³-hybridized carbons (Fsp3) is 0.188. The zero-order chi connectivity index (χ0) is 30.2. The second kappa shape index (κ2) is 14.1. The number of carbonyl (C=O) groups is 3. The molecule has 1 unspecified atom stereocenters. The Morgan fingerprint density at radius 3 is 2.53 bits per heavy atom. The predicted molar refractivity (Wildman–Crippen MR) is 168 cm³/mol. The van der Waals surface area contributed by atoms with Crippen LogP contribution in [0.1, 0.15) is 28.2 Å². The zero-order valence-corrected chi connectivity index (χ0v) is 24.9. The van der Waals surface area contributed by atoms with E-state index in [9.17, 15) is 18.8 Å². The van der Waals surface area contributed by atoms with E-state index in [4.69, 9.17) is 4.74 Å². The van der Waals surface area contributed by atoms with Crippen LogP contribution in [0, 0.1) is 5.82 Å². The van der Waals surface area contributed by atoms with Crippen LogP contribution in [0.3, 0.4) is 0 Å². The van der Waals surface area contributed by atoms with Gasteiger partial charge in [0, 0.05) is 17.1 Å². The molecule has 1 fully saturated rings. The van der Waals surface area contributed by atoms with Crippen LogP contribution in [0.5, 0.6) is 0 Å². The largest absolute Gasteiger partial charge is 0.445 e. The number of ether oxygens (including phenoxy) is 1. The van der Waals surface area contributed by atoms with Gasteiger partial charge in [-0.1, -0.05) is 66.4 Å². The molecule has 0 saturated carbocycles. The van der Waals surface area contributed by atoms with E-state index in [-0.39, 0.29) is 12.5 Å². The maximum atomic E-state index is 13.8. The van der Waals surface area contributed by atoms with Crippen molar-refractivity contribution in [3.63, 3.8) is 0 Å². The summed E-state index contributed by atoms with van der Waals surface area (Å²) in [5.41, 5.74) is 2.53. The maximum absolute atomic E-state index is 13.8. The molecule has 2 N–H and O–H groups in total. The number of aliphatic imine (C=N–C) groups is 1. The van der Waals surface area contributed by atoms with E-state index >= 15 is 0 Å². The molecule has 1 aliphatic heterocycles. The van der Waals surface area contributed by atoms with Crippen molar-refractivity contribution < 1.29 is 23.5 Å². The van der Waals surface area contributed by atoms with Crippen molar-refractivity contribution in [3.8, 4) is 0 Å². The number of benzene rings is 3. The first-order chi connectivity index (χ1) is 20.9. The van der Waals surface area contributed by atoms with Gasteiger partial charge in [-0.25, -0.2) is 14.2 Å². The van der Waals surface area contributed by atoms with Crippen LogP contribution >= 0.6 is 23.1 Å². The molecular formula is C32H29FN4O4S2. The summed E-state index contributed by atoms with van der Waals surface area (Å²) in [5, 5.41) is 7.26. The summed E-state index contributed by atoms with van der Waals surface area (Å²) < 4.78 is 19.0. The summed E-state index contributed by atoms with van der Waals surface area (Å²) in [6, 6.07) is 25.3. The number of thiophene rings is 1. The molecule has 0 bridgehead atoms. The van der Waals surface area contributed by atoms with Gasteiger partial charge in [0.25, 0.3) is 0 Å². The van der Waals surface area contributed by atoms with Crippen molar-refractivity contribution in [2.75, 3.05) is 11.9 Å². The topological polar surface area (TPSA) is 100 Å². The molecule has 0 radical (unpaired) electrons. The van der Waals surface area contributed by atoms with Crippen LogP contribution in [0.25, 0.3) is 0 Å². The summed E-state index contributed by atoms with van der Waals surface area (Å²) >= 11 is 2.94. The Morgan fingerprint density at radius 2 is 1.81 bits per heavy atom. The number of halogens is 1. The van der Waals surface area contributed by atoms with Gasteiger partial charge in [0.05, 0.1) is 5.69 Å². The lowest BCUT2D eigenvalue weighted by atomic mass is 10.1. The Balaban J connectivity index is 1.21. The number of amidine groups is 1. The van der Waals surface area contributed by atoms with E-state index in [1.54, 1.807) is 59.6 Å². The molecule has 11 heteroatoms. The Kier molecular flexibility index (Phi) is 9.85. The van der Waals surface area contributed by atoms with Crippen LogP contribution in [0.4, 0.5) is 20.6 Å². The van der Waals surface area contributed by atoms with E-state index in [0.29, 0.717) is 29.5 Å². The van der Waals surface area contributed by atoms with Crippen LogP contribution in [-0.2, 0) is 27.4 Å². The minimum Gasteiger partial charge on any atom is -0.445 e. The molecule has 1 aromatic heterocycles. The first-order valence-corrected chi connectivity index (χ1v) is 15.3. The lowest BCUT2D eigenvalue weighted by Gasteiger charge is -2.16. The van der Waals surface area contributed by atoms with E-state index in [1.807, 2.05) is 47.8 Å². The normalized spacial score (nSPS) is 16.2. The number of amides is 3. The summed E-state index contributed by atoms with van der Waals surface area (Å²) in [5.74, 6) is -0.926. The second-order valence-electron chi connectivity index (χ2n) is 9.73. The van der Waals surface area contributed by atoms with E-state index in [0.717, 1.165) is 16.0 Å². The van der Waals surface area contributed by atoms with Crippen LogP contribution in [-0.4, -0.2) is 40.6 Å². The summed E-state index contributed by atoms with van der Waals surface area (Å²) in [6.07, 6.45) is -0.0199. The van der Waals surface area contributed by atoms with Gasteiger partial charge >= 0.3 is 6.09 Å². The number of nitrogens with zero attached hydrogens (tertiary/aromatic N) is 2. The first kappa shape index (κ1) is 30.0. The predicted octanol–water partition coefficient (Wildman–Crippen LogP) is 6.69. The van der Waals surface area contributed by atoms with Gasteiger partial charge in [-0.15, -0.1) is 11.3 Å². The fourth-order valence-corrected chi connectivity index (χ4v) is 6.19. The SMILES string of the molecule is C[C@H](NC(=O)OCc1ccccc1)C(=O)Nc1ccc(C2SC(=Nc3cccc(F)c3)N(CCc3cccs3)C2=O)cc1. The molecule has 2 heterocycles. The molecule has 43 heavy (non-hydrogen) atoms. The molecule has 8 nitrogen and oxygen atoms in total. The average molecular weight is 617 g/mol. The average Bonchev–Trinajstić information content (AvgIpc) is 3.63. The van der Waals surface area contributed by atoms with Gasteiger partial charge in [0.1, 0.15) is 23.7 Å². The molecule has 3 aromatic carbocycles. The molecule has 220 valence electrons. The van der Waals surface area contributed by atoms with Crippen molar-refractivity contribution in [1.82, 2.24) is 10.2 Å². The number of hydrogen-bond donors (Lipinski definition) is 2. The maximum Gasteiger partial charge on any atom is 0.408 e. The Hall–Kier alpha value is -4.48. The third-order valence-electron chi connectivity index (χ3n) is 6.56. The number of anilines is 1. The Labute approximate surface area is 257 Å². The van der Waals surface area contributed by atoms with E-state index in [2.05, 4.69) is 15.6 Å². The highest BCUT2D eigenvalue weighted by Crippen LogP contribution is 2.41. The first-order valence-electron chi connectivity index (χ1n) is 13.6. The number of carbonyl (C=O) groups excluding carboxylic acids is 3. The van der Waals surface area contributed by atoms with Crippen LogP contribution in [0.15, 0.2) is 101 Å². The monoisotopic (exact) mass is 616 g/mol. The minimum absolute atomic E-state index is 0.0977. The van der Waals surface area contributed by atoms with E-state index < -0.39 is 29.1 Å². The van der Waals surface area contributed by atoms with Gasteiger partial charge < -0.3 is 15.4 Å². The van der Waals surface area contributed by atoms with Crippen LogP contribution in [0.2, 0.25) is 0 Å². The fourth-order valence-electron chi connectivity index (χ4n) is 4.29. The number of alkyl carbamates (subject to hydrolysis) is 1.